The molecule has 0 radical (unpaired) electrons. The molecule has 2 rings (SSSR count). The molecule has 0 spiro atoms. The molecule has 0 aromatic carbocycles. The van der Waals surface area contributed by atoms with E-state index in [1.54, 1.807) is 29.8 Å². The number of aryl methyl sites for hydroxylation is 1. The van der Waals surface area contributed by atoms with Gasteiger partial charge in [0.1, 0.15) is 5.75 Å². The van der Waals surface area contributed by atoms with Crippen molar-refractivity contribution in [2.45, 2.75) is 26.7 Å². The summed E-state index contributed by atoms with van der Waals surface area (Å²) in [6, 6.07) is 1.74. The average Bonchev–Trinajstić information content (AvgIpc) is 2.82. The van der Waals surface area contributed by atoms with Crippen molar-refractivity contribution in [3.05, 3.63) is 40.1 Å². The van der Waals surface area contributed by atoms with Crippen molar-refractivity contribution in [1.29, 1.82) is 0 Å². The van der Waals surface area contributed by atoms with Crippen LogP contribution in [0.15, 0.2) is 23.8 Å². The largest absolute Gasteiger partial charge is 0.492 e. The number of aromatic nitrogens is 2. The summed E-state index contributed by atoms with van der Waals surface area (Å²) in [6.45, 7) is 4.59. The highest BCUT2D eigenvalue weighted by Crippen LogP contribution is 2.15. The van der Waals surface area contributed by atoms with Gasteiger partial charge in [-0.2, -0.15) is 0 Å². The van der Waals surface area contributed by atoms with Gasteiger partial charge in [-0.25, -0.2) is 4.98 Å². The summed E-state index contributed by atoms with van der Waals surface area (Å²) in [5, 5.41) is 2.89. The predicted octanol–water partition coefficient (Wildman–Crippen LogP) is 3.06. The maximum absolute atomic E-state index is 12.1. The van der Waals surface area contributed by atoms with Gasteiger partial charge in [-0.3, -0.25) is 9.78 Å². The first kappa shape index (κ1) is 13.7. The maximum atomic E-state index is 12.1. The Kier molecular flexibility index (Phi) is 4.63. The normalized spacial score (nSPS) is 10.4. The fraction of sp³-hybridized carbons (Fsp3) is 0.357. The Hall–Kier alpha value is -1.75. The Morgan fingerprint density at radius 1 is 1.42 bits per heavy atom. The van der Waals surface area contributed by atoms with E-state index in [1.807, 2.05) is 19.2 Å². The van der Waals surface area contributed by atoms with Crippen LogP contribution in [0.1, 0.15) is 34.4 Å². The van der Waals surface area contributed by atoms with Crippen LogP contribution in [-0.2, 0) is 6.42 Å². The highest BCUT2D eigenvalue weighted by atomic mass is 32.1. The molecule has 0 amide bonds. The van der Waals surface area contributed by atoms with Crippen LogP contribution in [0.4, 0.5) is 0 Å². The summed E-state index contributed by atoms with van der Waals surface area (Å²) in [5.41, 5.74) is 1.38. The molecular weight excluding hydrogens is 260 g/mol. The summed E-state index contributed by atoms with van der Waals surface area (Å²) < 4.78 is 5.47. The first-order valence-electron chi connectivity index (χ1n) is 6.21. The molecule has 0 aliphatic carbocycles. The summed E-state index contributed by atoms with van der Waals surface area (Å²) in [4.78, 5) is 20.5. The van der Waals surface area contributed by atoms with E-state index in [9.17, 15) is 4.79 Å². The van der Waals surface area contributed by atoms with Crippen LogP contribution in [0.3, 0.4) is 0 Å². The van der Waals surface area contributed by atoms with E-state index in [2.05, 4.69) is 9.97 Å². The molecule has 0 unspecified atom stereocenters. The van der Waals surface area contributed by atoms with Gasteiger partial charge in [-0.15, -0.1) is 11.3 Å². The highest BCUT2D eigenvalue weighted by Gasteiger charge is 2.10. The lowest BCUT2D eigenvalue weighted by Crippen LogP contribution is -2.05. The highest BCUT2D eigenvalue weighted by molar-refractivity contribution is 7.09. The Bertz CT molecular complexity index is 566. The van der Waals surface area contributed by atoms with Crippen molar-refractivity contribution in [2.75, 3.05) is 6.61 Å². The monoisotopic (exact) mass is 276 g/mol. The van der Waals surface area contributed by atoms with E-state index in [4.69, 9.17) is 4.74 Å². The van der Waals surface area contributed by atoms with E-state index in [-0.39, 0.29) is 5.78 Å². The summed E-state index contributed by atoms with van der Waals surface area (Å²) >= 11 is 1.55. The van der Waals surface area contributed by atoms with Crippen molar-refractivity contribution < 1.29 is 9.53 Å². The number of Topliss-reactive ketones (excluding diaryl/α,β-unsaturated/α-hetero) is 1. The van der Waals surface area contributed by atoms with Gasteiger partial charge in [-0.05, 0) is 19.4 Å². The van der Waals surface area contributed by atoms with Gasteiger partial charge in [0.25, 0.3) is 0 Å². The van der Waals surface area contributed by atoms with Crippen molar-refractivity contribution in [3.8, 4) is 5.75 Å². The van der Waals surface area contributed by atoms with E-state index >= 15 is 0 Å². The number of carbonyl (C=O) groups is 1. The standard InChI is InChI=1S/C14H16N2O2S/c1-3-4-18-13-5-11(7-15-8-13)14(17)6-12-9-19-10(2)16-12/h5,7-9H,3-4,6H2,1-2H3. The summed E-state index contributed by atoms with van der Waals surface area (Å²) in [5.74, 6) is 0.655. The van der Waals surface area contributed by atoms with Crippen LogP contribution in [0.5, 0.6) is 5.75 Å². The molecular formula is C14H16N2O2S. The Morgan fingerprint density at radius 2 is 2.26 bits per heavy atom. The summed E-state index contributed by atoms with van der Waals surface area (Å²) in [7, 11) is 0. The minimum absolute atomic E-state index is 0.0137. The summed E-state index contributed by atoms with van der Waals surface area (Å²) in [6.07, 6.45) is 4.43. The second kappa shape index (κ2) is 6.43. The van der Waals surface area contributed by atoms with E-state index in [0.717, 1.165) is 17.1 Å². The fourth-order valence-electron chi connectivity index (χ4n) is 1.63. The average molecular weight is 276 g/mol. The smallest absolute Gasteiger partial charge is 0.170 e. The van der Waals surface area contributed by atoms with Crippen LogP contribution in [0.2, 0.25) is 0 Å². The third-order valence-corrected chi connectivity index (χ3v) is 3.34. The van der Waals surface area contributed by atoms with Crippen molar-refractivity contribution in [2.24, 2.45) is 0 Å². The number of hydrogen-bond donors (Lipinski definition) is 0. The number of pyridine rings is 1. The first-order valence-corrected chi connectivity index (χ1v) is 7.09. The second-order valence-electron chi connectivity index (χ2n) is 4.22. The zero-order valence-electron chi connectivity index (χ0n) is 11.0. The van der Waals surface area contributed by atoms with Gasteiger partial charge >= 0.3 is 0 Å². The molecule has 0 N–H and O–H groups in total. The lowest BCUT2D eigenvalue weighted by molar-refractivity contribution is 0.0991. The Balaban J connectivity index is 2.06. The van der Waals surface area contributed by atoms with Gasteiger partial charge in [-0.1, -0.05) is 6.92 Å². The zero-order valence-corrected chi connectivity index (χ0v) is 11.9. The van der Waals surface area contributed by atoms with Crippen LogP contribution < -0.4 is 4.74 Å². The van der Waals surface area contributed by atoms with Crippen LogP contribution in [-0.4, -0.2) is 22.4 Å². The Morgan fingerprint density at radius 3 is 2.95 bits per heavy atom. The second-order valence-corrected chi connectivity index (χ2v) is 5.28. The van der Waals surface area contributed by atoms with Crippen LogP contribution >= 0.6 is 11.3 Å². The molecule has 0 saturated carbocycles. The number of ether oxygens (including phenoxy) is 1. The predicted molar refractivity (Wildman–Crippen MR) is 74.9 cm³/mol. The van der Waals surface area contributed by atoms with E-state index in [0.29, 0.717) is 24.3 Å². The number of nitrogens with zero attached hydrogens (tertiary/aromatic N) is 2. The van der Waals surface area contributed by atoms with Gasteiger partial charge < -0.3 is 4.74 Å². The van der Waals surface area contributed by atoms with Gasteiger partial charge in [0.05, 0.1) is 29.9 Å². The molecule has 0 aliphatic heterocycles. The van der Waals surface area contributed by atoms with Crippen molar-refractivity contribution in [3.63, 3.8) is 0 Å². The van der Waals surface area contributed by atoms with Crippen LogP contribution in [0, 0.1) is 6.92 Å². The Labute approximate surface area is 116 Å². The molecule has 2 aromatic rings. The van der Waals surface area contributed by atoms with Crippen molar-refractivity contribution in [1.82, 2.24) is 9.97 Å². The minimum atomic E-state index is 0.0137. The lowest BCUT2D eigenvalue weighted by Gasteiger charge is -2.05. The molecule has 100 valence electrons. The van der Waals surface area contributed by atoms with E-state index in [1.165, 1.54) is 0 Å². The van der Waals surface area contributed by atoms with Crippen LogP contribution in [0.25, 0.3) is 0 Å². The molecule has 0 aliphatic rings. The quantitative estimate of drug-likeness (QED) is 0.761. The molecule has 0 atom stereocenters. The molecule has 2 aromatic heterocycles. The van der Waals surface area contributed by atoms with Gasteiger partial charge in [0, 0.05) is 17.1 Å². The van der Waals surface area contributed by atoms with Gasteiger partial charge in [0.2, 0.25) is 0 Å². The third kappa shape index (κ3) is 3.86. The molecule has 2 heterocycles. The fourth-order valence-corrected chi connectivity index (χ4v) is 2.24. The molecule has 0 fully saturated rings. The maximum Gasteiger partial charge on any atom is 0.170 e. The van der Waals surface area contributed by atoms with Crippen molar-refractivity contribution >= 4 is 17.1 Å². The number of hydrogen-bond acceptors (Lipinski definition) is 5. The third-order valence-electron chi connectivity index (χ3n) is 2.52. The SMILES string of the molecule is CCCOc1cncc(C(=O)Cc2csc(C)n2)c1. The number of thiazole rings is 1. The molecule has 5 heteroatoms. The number of ketones is 1. The topological polar surface area (TPSA) is 52.1 Å². The number of carbonyl (C=O) groups excluding carboxylic acids is 1. The molecule has 0 bridgehead atoms. The molecule has 19 heavy (non-hydrogen) atoms. The zero-order chi connectivity index (χ0) is 13.7. The minimum Gasteiger partial charge on any atom is -0.492 e. The van der Waals surface area contributed by atoms with Gasteiger partial charge in [0.15, 0.2) is 5.78 Å². The lowest BCUT2D eigenvalue weighted by atomic mass is 10.1. The van der Waals surface area contributed by atoms with E-state index < -0.39 is 0 Å². The molecule has 0 saturated heterocycles. The molecule has 4 nitrogen and oxygen atoms in total. The first-order chi connectivity index (χ1) is 9.19. The number of rotatable bonds is 6.